The number of anilines is 1. The van der Waals surface area contributed by atoms with Crippen molar-refractivity contribution in [2.24, 2.45) is 0 Å². The van der Waals surface area contributed by atoms with Crippen molar-refractivity contribution in [3.63, 3.8) is 0 Å². The third-order valence-electron chi connectivity index (χ3n) is 6.41. The summed E-state index contributed by atoms with van der Waals surface area (Å²) in [5, 5.41) is 3.42. The first-order valence-electron chi connectivity index (χ1n) is 12.7. The molecule has 0 aliphatic carbocycles. The molecule has 0 saturated heterocycles. The summed E-state index contributed by atoms with van der Waals surface area (Å²) in [5.74, 6) is -0.858. The number of amides is 2. The van der Waals surface area contributed by atoms with Gasteiger partial charge in [-0.3, -0.25) is 13.9 Å². The van der Waals surface area contributed by atoms with Gasteiger partial charge in [-0.05, 0) is 54.8 Å². The van der Waals surface area contributed by atoms with Crippen molar-refractivity contribution < 1.29 is 18.0 Å². The molecule has 3 aromatic carbocycles. The van der Waals surface area contributed by atoms with Crippen LogP contribution < -0.4 is 9.62 Å². The Balaban J connectivity index is 2.06. The van der Waals surface area contributed by atoms with Crippen LogP contribution in [0.3, 0.4) is 0 Å². The van der Waals surface area contributed by atoms with Gasteiger partial charge in [-0.25, -0.2) is 8.42 Å². The molecule has 0 bridgehead atoms. The molecule has 0 fully saturated rings. The minimum absolute atomic E-state index is 0.0938. The van der Waals surface area contributed by atoms with Crippen LogP contribution in [0.15, 0.2) is 77.3 Å². The predicted octanol–water partition coefficient (Wildman–Crippen LogP) is 6.08. The zero-order valence-electron chi connectivity index (χ0n) is 22.5. The van der Waals surface area contributed by atoms with Crippen molar-refractivity contribution in [3.8, 4) is 0 Å². The molecule has 0 heterocycles. The zero-order valence-corrected chi connectivity index (χ0v) is 26.4. The Morgan fingerprint density at radius 1 is 0.950 bits per heavy atom. The third kappa shape index (κ3) is 8.96. The molecule has 3 aromatic rings. The number of carbonyl (C=O) groups is 2. The van der Waals surface area contributed by atoms with E-state index in [0.717, 1.165) is 26.2 Å². The summed E-state index contributed by atoms with van der Waals surface area (Å²) in [6.07, 6.45) is 1.97. The molecule has 0 aromatic heterocycles. The van der Waals surface area contributed by atoms with Crippen molar-refractivity contribution in [1.82, 2.24) is 10.2 Å². The first kappa shape index (κ1) is 31.9. The average Bonchev–Trinajstić information content (AvgIpc) is 2.91. The van der Waals surface area contributed by atoms with E-state index in [1.807, 2.05) is 68.4 Å². The Morgan fingerprint density at radius 2 is 1.60 bits per heavy atom. The molecule has 0 radical (unpaired) electrons. The average molecular weight is 669 g/mol. The van der Waals surface area contributed by atoms with Gasteiger partial charge < -0.3 is 10.2 Å². The van der Waals surface area contributed by atoms with Gasteiger partial charge in [0.1, 0.15) is 12.6 Å². The first-order chi connectivity index (χ1) is 18.9. The molecule has 11 heteroatoms. The van der Waals surface area contributed by atoms with Crippen molar-refractivity contribution in [2.75, 3.05) is 17.1 Å². The number of hydrogen-bond acceptors (Lipinski definition) is 4. The molecule has 214 valence electrons. The molecule has 0 aliphatic heterocycles. The smallest absolute Gasteiger partial charge is 0.244 e. The highest BCUT2D eigenvalue weighted by Crippen LogP contribution is 2.29. The molecular formula is C29H32BrCl2N3O4S. The number of sulfonamides is 1. The fourth-order valence-electron chi connectivity index (χ4n) is 4.04. The van der Waals surface area contributed by atoms with E-state index in [4.69, 9.17) is 23.2 Å². The van der Waals surface area contributed by atoms with Gasteiger partial charge in [0.25, 0.3) is 0 Å². The third-order valence-corrected chi connectivity index (χ3v) is 8.82. The number of benzene rings is 3. The summed E-state index contributed by atoms with van der Waals surface area (Å²) in [5.41, 5.74) is 1.84. The minimum Gasteiger partial charge on any atom is -0.352 e. The van der Waals surface area contributed by atoms with Gasteiger partial charge in [-0.2, -0.15) is 0 Å². The Morgan fingerprint density at radius 3 is 2.17 bits per heavy atom. The van der Waals surface area contributed by atoms with Crippen LogP contribution in [0, 0.1) is 0 Å². The van der Waals surface area contributed by atoms with Crippen LogP contribution in [0.4, 0.5) is 5.69 Å². The van der Waals surface area contributed by atoms with E-state index in [1.165, 1.54) is 23.1 Å². The van der Waals surface area contributed by atoms with Crippen molar-refractivity contribution in [1.29, 1.82) is 0 Å². The van der Waals surface area contributed by atoms with Crippen LogP contribution in [0.2, 0.25) is 10.0 Å². The quantitative estimate of drug-likeness (QED) is 0.254. The minimum atomic E-state index is -3.91. The van der Waals surface area contributed by atoms with E-state index in [-0.39, 0.29) is 40.6 Å². The Bertz CT molecular complexity index is 1420. The maximum Gasteiger partial charge on any atom is 0.244 e. The fourth-order valence-corrected chi connectivity index (χ4v) is 5.43. The van der Waals surface area contributed by atoms with Crippen molar-refractivity contribution >= 4 is 66.7 Å². The lowest BCUT2D eigenvalue weighted by Gasteiger charge is -2.34. The molecule has 0 saturated carbocycles. The second-order valence-electron chi connectivity index (χ2n) is 9.54. The van der Waals surface area contributed by atoms with Crippen LogP contribution in [-0.2, 0) is 32.6 Å². The molecule has 0 spiro atoms. The molecule has 2 amide bonds. The highest BCUT2D eigenvalue weighted by molar-refractivity contribution is 9.10. The monoisotopic (exact) mass is 667 g/mol. The fraction of sp³-hybridized carbons (Fsp3) is 0.310. The highest BCUT2D eigenvalue weighted by atomic mass is 79.9. The Kier molecular flexibility index (Phi) is 11.5. The molecule has 0 aliphatic rings. The van der Waals surface area contributed by atoms with Gasteiger partial charge >= 0.3 is 0 Å². The maximum absolute atomic E-state index is 14.1. The predicted molar refractivity (Wildman–Crippen MR) is 165 cm³/mol. The largest absolute Gasteiger partial charge is 0.352 e. The van der Waals surface area contributed by atoms with Crippen molar-refractivity contribution in [2.45, 2.75) is 45.3 Å². The van der Waals surface area contributed by atoms with Crippen LogP contribution in [-0.4, -0.2) is 50.0 Å². The van der Waals surface area contributed by atoms with E-state index in [2.05, 4.69) is 21.2 Å². The van der Waals surface area contributed by atoms with Gasteiger partial charge in [0.05, 0.1) is 22.0 Å². The maximum atomic E-state index is 14.1. The summed E-state index contributed by atoms with van der Waals surface area (Å²) in [6, 6.07) is 20.1. The lowest BCUT2D eigenvalue weighted by Crippen LogP contribution is -2.54. The molecule has 40 heavy (non-hydrogen) atoms. The van der Waals surface area contributed by atoms with E-state index in [1.54, 1.807) is 0 Å². The van der Waals surface area contributed by atoms with E-state index in [0.29, 0.717) is 6.42 Å². The lowest BCUT2D eigenvalue weighted by atomic mass is 10.0. The number of nitrogens with zero attached hydrogens (tertiary/aromatic N) is 2. The molecular weight excluding hydrogens is 637 g/mol. The molecule has 7 nitrogen and oxygen atoms in total. The van der Waals surface area contributed by atoms with E-state index >= 15 is 0 Å². The van der Waals surface area contributed by atoms with Gasteiger partial charge in [0.15, 0.2) is 0 Å². The topological polar surface area (TPSA) is 86.8 Å². The van der Waals surface area contributed by atoms with Gasteiger partial charge in [-0.1, -0.05) is 88.5 Å². The van der Waals surface area contributed by atoms with Gasteiger partial charge in [0, 0.05) is 23.5 Å². The second kappa shape index (κ2) is 14.3. The number of rotatable bonds is 12. The summed E-state index contributed by atoms with van der Waals surface area (Å²) >= 11 is 15.6. The van der Waals surface area contributed by atoms with Crippen LogP contribution in [0.5, 0.6) is 0 Å². The number of carbonyl (C=O) groups excluding carboxylic acids is 2. The number of nitrogens with one attached hydrogen (secondary N) is 1. The molecule has 2 unspecified atom stereocenters. The van der Waals surface area contributed by atoms with Gasteiger partial charge in [-0.15, -0.1) is 0 Å². The summed E-state index contributed by atoms with van der Waals surface area (Å²) in [4.78, 5) is 29.2. The van der Waals surface area contributed by atoms with Crippen LogP contribution in [0.25, 0.3) is 0 Å². The normalized spacial score (nSPS) is 12.8. The zero-order chi connectivity index (χ0) is 29.4. The highest BCUT2D eigenvalue weighted by Gasteiger charge is 2.33. The van der Waals surface area contributed by atoms with E-state index < -0.39 is 28.5 Å². The standard InChI is InChI=1S/C29H32BrCl2N3O4S/c1-4-20(2)33-29(37)27(16-21-8-6-5-7-9-21)34(18-22-10-12-23(30)13-11-22)28(36)19-35(40(3,38)39)24-14-15-25(31)26(32)17-24/h5-15,17,20,27H,4,16,18-19H2,1-3H3,(H,33,37). The number of hydrogen-bond donors (Lipinski definition) is 1. The van der Waals surface area contributed by atoms with Gasteiger partial charge in [0.2, 0.25) is 21.8 Å². The summed E-state index contributed by atoms with van der Waals surface area (Å²) in [6.45, 7) is 3.42. The second-order valence-corrected chi connectivity index (χ2v) is 13.2. The van der Waals surface area contributed by atoms with Crippen LogP contribution >= 0.6 is 39.1 Å². The SMILES string of the molecule is CCC(C)NC(=O)C(Cc1ccccc1)N(Cc1ccc(Br)cc1)C(=O)CN(c1ccc(Cl)c(Cl)c1)S(C)(=O)=O. The van der Waals surface area contributed by atoms with Crippen molar-refractivity contribution in [3.05, 3.63) is 98.4 Å². The summed E-state index contributed by atoms with van der Waals surface area (Å²) < 4.78 is 27.5. The van der Waals surface area contributed by atoms with E-state index in [9.17, 15) is 18.0 Å². The number of halogens is 3. The Hall–Kier alpha value is -2.59. The molecule has 3 rings (SSSR count). The summed E-state index contributed by atoms with van der Waals surface area (Å²) in [7, 11) is -3.91. The van der Waals surface area contributed by atoms with Crippen LogP contribution in [0.1, 0.15) is 31.4 Å². The molecule has 1 N–H and O–H groups in total. The Labute approximate surface area is 254 Å². The lowest BCUT2D eigenvalue weighted by molar-refractivity contribution is -0.140. The first-order valence-corrected chi connectivity index (χ1v) is 16.1. The molecule has 2 atom stereocenters.